The summed E-state index contributed by atoms with van der Waals surface area (Å²) in [5.41, 5.74) is 11.3. The van der Waals surface area contributed by atoms with E-state index >= 15 is 0 Å². The Labute approximate surface area is 257 Å². The molecule has 0 radical (unpaired) electrons. The van der Waals surface area contributed by atoms with Crippen LogP contribution in [-0.2, 0) is 17.9 Å². The van der Waals surface area contributed by atoms with E-state index in [9.17, 15) is 4.79 Å². The number of rotatable bonds is 12. The fourth-order valence-corrected chi connectivity index (χ4v) is 4.56. The molecule has 222 valence electrons. The number of carbonyl (C=O) groups is 1. The molecule has 0 spiro atoms. The number of amides is 1. The largest absolute Gasteiger partial charge is 0.419 e. The third-order valence-electron chi connectivity index (χ3n) is 6.83. The average molecular weight is 599 g/mol. The average Bonchev–Trinajstić information content (AvgIpc) is 3.44. The Kier molecular flexibility index (Phi) is 10.7. The highest BCUT2D eigenvalue weighted by Crippen LogP contribution is 2.27. The highest BCUT2D eigenvalue weighted by atomic mass is 35.5. The second-order valence-electron chi connectivity index (χ2n) is 9.86. The zero-order valence-corrected chi connectivity index (χ0v) is 24.7. The number of imidazole rings is 1. The Hall–Kier alpha value is -4.86. The van der Waals surface area contributed by atoms with Crippen LogP contribution in [0.3, 0.4) is 0 Å². The van der Waals surface area contributed by atoms with E-state index in [4.69, 9.17) is 25.6 Å². The lowest BCUT2D eigenvalue weighted by Gasteiger charge is -2.22. The molecule has 1 heterocycles. The van der Waals surface area contributed by atoms with Gasteiger partial charge in [-0.05, 0) is 67.4 Å². The molecule has 0 aliphatic heterocycles. The van der Waals surface area contributed by atoms with E-state index in [1.54, 1.807) is 23.1 Å². The number of para-hydroxylation sites is 1. The van der Waals surface area contributed by atoms with Gasteiger partial charge in [0.15, 0.2) is 0 Å². The van der Waals surface area contributed by atoms with Crippen molar-refractivity contribution < 1.29 is 14.3 Å². The highest BCUT2D eigenvalue weighted by Gasteiger charge is 2.20. The molecule has 5 aromatic rings. The molecule has 1 aromatic heterocycles. The minimum atomic E-state index is -0.460. The summed E-state index contributed by atoms with van der Waals surface area (Å²) >= 11 is 0. The Morgan fingerprint density at radius 2 is 1.67 bits per heavy atom. The van der Waals surface area contributed by atoms with Gasteiger partial charge in [0.1, 0.15) is 17.4 Å². The predicted molar refractivity (Wildman–Crippen MR) is 173 cm³/mol. The third kappa shape index (κ3) is 8.12. The fraction of sp³-hybridized carbons (Fsp3) is 0.182. The summed E-state index contributed by atoms with van der Waals surface area (Å²) in [4.78, 5) is 23.1. The number of aryl methyl sites for hydroxylation is 1. The zero-order valence-electron chi connectivity index (χ0n) is 23.9. The quantitative estimate of drug-likeness (QED) is 0.0710. The van der Waals surface area contributed by atoms with Crippen molar-refractivity contribution in [1.82, 2.24) is 9.97 Å². The van der Waals surface area contributed by atoms with Crippen molar-refractivity contribution in [2.24, 2.45) is 5.73 Å². The van der Waals surface area contributed by atoms with Crippen LogP contribution in [0.1, 0.15) is 28.9 Å². The van der Waals surface area contributed by atoms with Gasteiger partial charge in [0, 0.05) is 35.7 Å². The number of aromatic nitrogens is 2. The normalized spacial score (nSPS) is 10.6. The van der Waals surface area contributed by atoms with Gasteiger partial charge in [0.2, 0.25) is 0 Å². The van der Waals surface area contributed by atoms with Gasteiger partial charge in [0.25, 0.3) is 0 Å². The van der Waals surface area contributed by atoms with Crippen LogP contribution in [0.25, 0.3) is 11.0 Å². The Morgan fingerprint density at radius 3 is 2.37 bits per heavy atom. The van der Waals surface area contributed by atoms with Crippen LogP contribution >= 0.6 is 12.4 Å². The first-order valence-electron chi connectivity index (χ1n) is 13.8. The van der Waals surface area contributed by atoms with E-state index in [1.165, 1.54) is 0 Å². The second kappa shape index (κ2) is 14.9. The molecule has 1 amide bonds. The summed E-state index contributed by atoms with van der Waals surface area (Å²) in [5.74, 6) is 1.23. The van der Waals surface area contributed by atoms with E-state index in [0.717, 1.165) is 39.4 Å². The summed E-state index contributed by atoms with van der Waals surface area (Å²) in [7, 11) is 0. The van der Waals surface area contributed by atoms with E-state index < -0.39 is 6.09 Å². The van der Waals surface area contributed by atoms with Crippen molar-refractivity contribution in [2.45, 2.75) is 26.5 Å². The van der Waals surface area contributed by atoms with Crippen molar-refractivity contribution >= 4 is 46.7 Å². The number of fused-ring (bicyclic) bond motifs is 1. The first kappa shape index (κ1) is 31.1. The number of nitrogens with two attached hydrogens (primary N) is 1. The summed E-state index contributed by atoms with van der Waals surface area (Å²) in [5, 5.41) is 10.8. The van der Waals surface area contributed by atoms with Crippen molar-refractivity contribution in [3.8, 4) is 5.75 Å². The number of halogens is 1. The molecule has 5 rings (SSSR count). The molecule has 0 saturated heterocycles. The minimum absolute atomic E-state index is 0. The second-order valence-corrected chi connectivity index (χ2v) is 9.86. The Morgan fingerprint density at radius 1 is 0.977 bits per heavy atom. The van der Waals surface area contributed by atoms with E-state index in [-0.39, 0.29) is 18.2 Å². The lowest BCUT2D eigenvalue weighted by molar-refractivity contribution is 0.119. The van der Waals surface area contributed by atoms with Crippen LogP contribution in [0.5, 0.6) is 5.75 Å². The van der Waals surface area contributed by atoms with Crippen LogP contribution in [0.2, 0.25) is 0 Å². The van der Waals surface area contributed by atoms with Crippen molar-refractivity contribution in [1.29, 1.82) is 5.41 Å². The predicted octanol–water partition coefficient (Wildman–Crippen LogP) is 6.80. The molecule has 5 N–H and O–H groups in total. The molecule has 9 nitrogen and oxygen atoms in total. The lowest BCUT2D eigenvalue weighted by Crippen LogP contribution is -2.35. The van der Waals surface area contributed by atoms with Crippen LogP contribution in [0, 0.1) is 12.3 Å². The summed E-state index contributed by atoms with van der Waals surface area (Å²) < 4.78 is 11.7. The van der Waals surface area contributed by atoms with Crippen molar-refractivity contribution in [3.05, 3.63) is 120 Å². The number of nitrogen functional groups attached to an aromatic ring is 1. The van der Waals surface area contributed by atoms with Gasteiger partial charge in [-0.3, -0.25) is 10.3 Å². The molecule has 10 heteroatoms. The highest BCUT2D eigenvalue weighted by molar-refractivity contribution is 5.95. The number of carbonyl (C=O) groups excluding carboxylic acids is 1. The van der Waals surface area contributed by atoms with Gasteiger partial charge < -0.3 is 25.5 Å². The number of hydrogen-bond donors (Lipinski definition) is 4. The smallest absolute Gasteiger partial charge is 0.410 e. The number of ether oxygens (including phenoxy) is 2. The number of anilines is 2. The number of nitrogens with one attached hydrogen (secondary N) is 3. The van der Waals surface area contributed by atoms with Crippen molar-refractivity contribution in [2.75, 3.05) is 23.4 Å². The first-order chi connectivity index (χ1) is 20.5. The van der Waals surface area contributed by atoms with Gasteiger partial charge in [-0.1, -0.05) is 48.5 Å². The molecule has 0 aliphatic rings. The van der Waals surface area contributed by atoms with Crippen molar-refractivity contribution in [3.63, 3.8) is 0 Å². The summed E-state index contributed by atoms with van der Waals surface area (Å²) in [6.45, 7) is 3.86. The first-order valence-corrected chi connectivity index (χ1v) is 13.8. The summed E-state index contributed by atoms with van der Waals surface area (Å²) in [6, 6.07) is 30.5. The fourth-order valence-electron chi connectivity index (χ4n) is 4.56. The van der Waals surface area contributed by atoms with E-state index in [1.807, 2.05) is 85.8 Å². The maximum atomic E-state index is 13.4. The minimum Gasteiger partial charge on any atom is -0.410 e. The lowest BCUT2D eigenvalue weighted by atomic mass is 10.2. The molecule has 0 atom stereocenters. The number of nitrogens with zero attached hydrogens (tertiary/aromatic N) is 2. The molecular formula is C33H35ClN6O3. The molecular weight excluding hydrogens is 564 g/mol. The third-order valence-corrected chi connectivity index (χ3v) is 6.83. The molecule has 4 aromatic carbocycles. The maximum absolute atomic E-state index is 13.4. The number of benzene rings is 4. The van der Waals surface area contributed by atoms with Gasteiger partial charge >= 0.3 is 6.09 Å². The molecule has 0 saturated carbocycles. The van der Waals surface area contributed by atoms with Gasteiger partial charge in [0.05, 0.1) is 24.2 Å². The van der Waals surface area contributed by atoms with Crippen LogP contribution < -0.4 is 20.7 Å². The monoisotopic (exact) mass is 598 g/mol. The number of hydrogen-bond acceptors (Lipinski definition) is 6. The SMILES string of the molecule is Cc1c(OC(=O)N(CCCOCc2ccccc2)c2ccccc2)ccc2[nH]c(CNc3ccc(C(=N)N)cc3)nc12.Cl. The molecule has 0 unspecified atom stereocenters. The summed E-state index contributed by atoms with van der Waals surface area (Å²) in [6.07, 6.45) is 0.195. The number of H-pyrrole nitrogens is 1. The van der Waals surface area contributed by atoms with Crippen LogP contribution in [0.4, 0.5) is 16.2 Å². The van der Waals surface area contributed by atoms with Crippen LogP contribution in [0.15, 0.2) is 97.1 Å². The van der Waals surface area contributed by atoms with E-state index in [0.29, 0.717) is 44.0 Å². The van der Waals surface area contributed by atoms with Gasteiger partial charge in [-0.25, -0.2) is 9.78 Å². The molecule has 0 bridgehead atoms. The zero-order chi connectivity index (χ0) is 29.3. The Balaban J connectivity index is 0.00000423. The number of amidine groups is 1. The van der Waals surface area contributed by atoms with Gasteiger partial charge in [-0.15, -0.1) is 12.4 Å². The number of aromatic amines is 1. The molecule has 43 heavy (non-hydrogen) atoms. The van der Waals surface area contributed by atoms with Gasteiger partial charge in [-0.2, -0.15) is 0 Å². The molecule has 0 fully saturated rings. The van der Waals surface area contributed by atoms with Crippen LogP contribution in [-0.4, -0.2) is 35.0 Å². The van der Waals surface area contributed by atoms with E-state index in [2.05, 4.69) is 10.3 Å². The standard InChI is InChI=1S/C33H34N6O3.ClH/c1-23-29(18-17-28-31(23)38-30(37-28)21-36-26-15-13-25(14-16-26)32(34)35)42-33(40)39(27-11-6-3-7-12-27)19-8-20-41-22-24-9-4-2-5-10-24;/h2-7,9-18,36H,8,19-22H2,1H3,(H3,34,35)(H,37,38);1H. The Bertz CT molecular complexity index is 1640. The topological polar surface area (TPSA) is 129 Å². The molecule has 0 aliphatic carbocycles. The maximum Gasteiger partial charge on any atom is 0.419 e.